The molecule has 1 N–H and O–H groups in total. The Labute approximate surface area is 136 Å². The van der Waals surface area contributed by atoms with Crippen molar-refractivity contribution >= 4 is 21.4 Å². The Morgan fingerprint density at radius 1 is 1.26 bits per heavy atom. The Balaban J connectivity index is 1.98. The van der Waals surface area contributed by atoms with Gasteiger partial charge in [0.05, 0.1) is 29.7 Å². The summed E-state index contributed by atoms with van der Waals surface area (Å²) in [6.07, 6.45) is 0. The van der Waals surface area contributed by atoms with E-state index in [2.05, 4.69) is 5.32 Å². The Kier molecular flexibility index (Phi) is 3.88. The number of piperazine rings is 1. The van der Waals surface area contributed by atoms with Crippen molar-refractivity contribution in [1.82, 2.24) is 5.32 Å². The standard InChI is InChI=1S/C16H22N2O4S/c1-4-22-12-7-5-11(6-8-12)18-14-10-23(20,21)9-13(14)17-16(2,3)15(18)19/h5-8,13-14,17H,4,9-10H2,1-3H3/t13-,14+/m1/s1. The number of sulfone groups is 1. The van der Waals surface area contributed by atoms with Crippen LogP contribution < -0.4 is 15.0 Å². The molecule has 0 aliphatic carbocycles. The number of anilines is 1. The van der Waals surface area contributed by atoms with E-state index >= 15 is 0 Å². The fraction of sp³-hybridized carbons (Fsp3) is 0.562. The zero-order valence-corrected chi connectivity index (χ0v) is 14.4. The SMILES string of the molecule is CCOc1ccc(N2C(=O)C(C)(C)N[C@@H]3CS(=O)(=O)C[C@@H]32)cc1. The first-order chi connectivity index (χ1) is 10.7. The van der Waals surface area contributed by atoms with Gasteiger partial charge in [-0.1, -0.05) is 0 Å². The molecule has 126 valence electrons. The number of carbonyl (C=O) groups is 1. The highest BCUT2D eigenvalue weighted by Crippen LogP contribution is 2.33. The van der Waals surface area contributed by atoms with Crippen LogP contribution in [0.15, 0.2) is 24.3 Å². The summed E-state index contributed by atoms with van der Waals surface area (Å²) in [5.74, 6) is 0.690. The van der Waals surface area contributed by atoms with Crippen LogP contribution in [0.2, 0.25) is 0 Å². The fourth-order valence-corrected chi connectivity index (χ4v) is 5.27. The molecule has 0 radical (unpaired) electrons. The lowest BCUT2D eigenvalue weighted by Crippen LogP contribution is -2.69. The van der Waals surface area contributed by atoms with Gasteiger partial charge in [-0.15, -0.1) is 0 Å². The van der Waals surface area contributed by atoms with E-state index in [0.29, 0.717) is 12.3 Å². The molecule has 0 aromatic heterocycles. The van der Waals surface area contributed by atoms with Gasteiger partial charge in [-0.2, -0.15) is 0 Å². The number of fused-ring (bicyclic) bond motifs is 1. The zero-order valence-electron chi connectivity index (χ0n) is 13.6. The maximum Gasteiger partial charge on any atom is 0.247 e. The average molecular weight is 338 g/mol. The van der Waals surface area contributed by atoms with E-state index in [1.165, 1.54) is 0 Å². The highest BCUT2D eigenvalue weighted by atomic mass is 32.2. The van der Waals surface area contributed by atoms with Crippen LogP contribution in [0.25, 0.3) is 0 Å². The Morgan fingerprint density at radius 3 is 2.52 bits per heavy atom. The number of hydrogen-bond donors (Lipinski definition) is 1. The van der Waals surface area contributed by atoms with Crippen molar-refractivity contribution < 1.29 is 17.9 Å². The summed E-state index contributed by atoms with van der Waals surface area (Å²) in [6.45, 7) is 6.06. The van der Waals surface area contributed by atoms with E-state index in [-0.39, 0.29) is 29.5 Å². The molecule has 0 unspecified atom stereocenters. The van der Waals surface area contributed by atoms with Gasteiger partial charge < -0.3 is 9.64 Å². The quantitative estimate of drug-likeness (QED) is 0.889. The second-order valence-corrected chi connectivity index (χ2v) is 8.78. The van der Waals surface area contributed by atoms with Gasteiger partial charge in [0.1, 0.15) is 5.75 Å². The summed E-state index contributed by atoms with van der Waals surface area (Å²) in [6, 6.07) is 6.63. The lowest BCUT2D eigenvalue weighted by molar-refractivity contribution is -0.126. The van der Waals surface area contributed by atoms with Gasteiger partial charge in [0.2, 0.25) is 5.91 Å². The maximum absolute atomic E-state index is 12.8. The van der Waals surface area contributed by atoms with Crippen molar-refractivity contribution in [2.45, 2.75) is 38.4 Å². The van der Waals surface area contributed by atoms with Crippen LogP contribution in [-0.4, -0.2) is 50.1 Å². The van der Waals surface area contributed by atoms with Crippen molar-refractivity contribution in [3.63, 3.8) is 0 Å². The van der Waals surface area contributed by atoms with E-state index < -0.39 is 15.4 Å². The third-order valence-corrected chi connectivity index (χ3v) is 6.10. The smallest absolute Gasteiger partial charge is 0.247 e. The number of nitrogens with one attached hydrogen (secondary N) is 1. The van der Waals surface area contributed by atoms with E-state index in [1.807, 2.05) is 19.1 Å². The minimum absolute atomic E-state index is 0.000300. The first-order valence-corrected chi connectivity index (χ1v) is 9.60. The van der Waals surface area contributed by atoms with Crippen LogP contribution in [0, 0.1) is 0 Å². The minimum atomic E-state index is -3.14. The monoisotopic (exact) mass is 338 g/mol. The molecule has 7 heteroatoms. The highest BCUT2D eigenvalue weighted by molar-refractivity contribution is 7.91. The second-order valence-electron chi connectivity index (χ2n) is 6.62. The molecule has 1 amide bonds. The summed E-state index contributed by atoms with van der Waals surface area (Å²) < 4.78 is 29.5. The van der Waals surface area contributed by atoms with Crippen LogP contribution in [0.4, 0.5) is 5.69 Å². The number of hydrogen-bond acceptors (Lipinski definition) is 5. The predicted molar refractivity (Wildman–Crippen MR) is 88.5 cm³/mol. The fourth-order valence-electron chi connectivity index (χ4n) is 3.38. The lowest BCUT2D eigenvalue weighted by atomic mass is 9.93. The Morgan fingerprint density at radius 2 is 1.91 bits per heavy atom. The van der Waals surface area contributed by atoms with Crippen molar-refractivity contribution in [2.24, 2.45) is 0 Å². The summed E-state index contributed by atoms with van der Waals surface area (Å²) in [7, 11) is -3.14. The average Bonchev–Trinajstić information content (AvgIpc) is 2.75. The van der Waals surface area contributed by atoms with E-state index in [4.69, 9.17) is 4.74 Å². The number of amides is 1. The largest absolute Gasteiger partial charge is 0.494 e. The number of ether oxygens (including phenoxy) is 1. The van der Waals surface area contributed by atoms with Gasteiger partial charge in [-0.05, 0) is 45.0 Å². The lowest BCUT2D eigenvalue weighted by Gasteiger charge is -2.45. The summed E-state index contributed by atoms with van der Waals surface area (Å²) in [5.41, 5.74) is -0.0836. The molecule has 0 saturated carbocycles. The normalized spacial score (nSPS) is 28.5. The molecule has 2 heterocycles. The molecule has 1 aromatic rings. The van der Waals surface area contributed by atoms with E-state index in [1.54, 1.807) is 30.9 Å². The predicted octanol–water partition coefficient (Wildman–Crippen LogP) is 0.966. The number of benzene rings is 1. The summed E-state index contributed by atoms with van der Waals surface area (Å²) >= 11 is 0. The molecule has 0 spiro atoms. The van der Waals surface area contributed by atoms with Crippen LogP contribution >= 0.6 is 0 Å². The van der Waals surface area contributed by atoms with Gasteiger partial charge >= 0.3 is 0 Å². The number of rotatable bonds is 3. The number of carbonyl (C=O) groups excluding carboxylic acids is 1. The third-order valence-electron chi connectivity index (χ3n) is 4.38. The number of nitrogens with zero attached hydrogens (tertiary/aromatic N) is 1. The van der Waals surface area contributed by atoms with Crippen LogP contribution in [0.3, 0.4) is 0 Å². The van der Waals surface area contributed by atoms with E-state index in [0.717, 1.165) is 5.75 Å². The molecule has 23 heavy (non-hydrogen) atoms. The first-order valence-electron chi connectivity index (χ1n) is 7.78. The van der Waals surface area contributed by atoms with Gasteiger partial charge in [-0.25, -0.2) is 8.42 Å². The minimum Gasteiger partial charge on any atom is -0.494 e. The van der Waals surface area contributed by atoms with Gasteiger partial charge in [-0.3, -0.25) is 10.1 Å². The van der Waals surface area contributed by atoms with Gasteiger partial charge in [0.25, 0.3) is 0 Å². The first kappa shape index (κ1) is 16.3. The topological polar surface area (TPSA) is 75.7 Å². The van der Waals surface area contributed by atoms with E-state index in [9.17, 15) is 13.2 Å². The molecule has 2 atom stereocenters. The third kappa shape index (κ3) is 2.95. The molecule has 2 fully saturated rings. The van der Waals surface area contributed by atoms with Crippen molar-refractivity contribution in [1.29, 1.82) is 0 Å². The van der Waals surface area contributed by atoms with Crippen LogP contribution in [0.1, 0.15) is 20.8 Å². The zero-order chi connectivity index (χ0) is 16.8. The molecule has 2 aliphatic heterocycles. The molecule has 2 aliphatic rings. The van der Waals surface area contributed by atoms with Crippen LogP contribution in [0.5, 0.6) is 5.75 Å². The molecular formula is C16H22N2O4S. The molecule has 2 saturated heterocycles. The summed E-state index contributed by atoms with van der Waals surface area (Å²) in [5, 5.41) is 3.20. The highest BCUT2D eigenvalue weighted by Gasteiger charge is 2.52. The Bertz CT molecular complexity index is 712. The van der Waals surface area contributed by atoms with Crippen molar-refractivity contribution in [2.75, 3.05) is 23.0 Å². The molecule has 1 aromatic carbocycles. The van der Waals surface area contributed by atoms with Crippen molar-refractivity contribution in [3.05, 3.63) is 24.3 Å². The molecule has 3 rings (SSSR count). The second kappa shape index (κ2) is 5.49. The molecular weight excluding hydrogens is 316 g/mol. The van der Waals surface area contributed by atoms with Gasteiger partial charge in [0, 0.05) is 11.7 Å². The Hall–Kier alpha value is -1.60. The molecule has 6 nitrogen and oxygen atoms in total. The maximum atomic E-state index is 12.8. The van der Waals surface area contributed by atoms with Crippen LogP contribution in [-0.2, 0) is 14.6 Å². The van der Waals surface area contributed by atoms with Gasteiger partial charge in [0.15, 0.2) is 9.84 Å². The molecule has 0 bridgehead atoms. The van der Waals surface area contributed by atoms with Crippen molar-refractivity contribution in [3.8, 4) is 5.75 Å². The summed E-state index contributed by atoms with van der Waals surface area (Å²) in [4.78, 5) is 14.5.